The van der Waals surface area contributed by atoms with Gasteiger partial charge in [0.2, 0.25) is 5.91 Å². The van der Waals surface area contributed by atoms with E-state index >= 15 is 0 Å². The zero-order chi connectivity index (χ0) is 24.5. The number of piperazine rings is 1. The second kappa shape index (κ2) is 9.48. The SMILES string of the molecule is C=Cc1cc(-c2cc(C#N)c(N3CCN(C(=O)COC)C(C4CC4)C3)nc2C2CC2)c(C#N)cn1. The van der Waals surface area contributed by atoms with Crippen molar-refractivity contribution in [1.82, 2.24) is 14.9 Å². The number of carbonyl (C=O) groups is 1. The highest BCUT2D eigenvalue weighted by Gasteiger charge is 2.41. The molecule has 1 aliphatic heterocycles. The number of nitriles is 2. The average Bonchev–Trinajstić information content (AvgIpc) is 3.80. The minimum atomic E-state index is 0.0197. The molecule has 8 heteroatoms. The largest absolute Gasteiger partial charge is 0.375 e. The molecule has 0 radical (unpaired) electrons. The lowest BCUT2D eigenvalue weighted by Gasteiger charge is -2.42. The summed E-state index contributed by atoms with van der Waals surface area (Å²) in [4.78, 5) is 26.1. The first-order chi connectivity index (χ1) is 17.1. The Morgan fingerprint density at radius 2 is 1.94 bits per heavy atom. The van der Waals surface area contributed by atoms with E-state index in [0.717, 1.165) is 42.5 Å². The van der Waals surface area contributed by atoms with Crippen molar-refractivity contribution in [3.63, 3.8) is 0 Å². The van der Waals surface area contributed by atoms with Crippen LogP contribution in [0, 0.1) is 28.6 Å². The molecule has 1 amide bonds. The molecule has 0 bridgehead atoms. The highest BCUT2D eigenvalue weighted by molar-refractivity contribution is 5.79. The van der Waals surface area contributed by atoms with Gasteiger partial charge in [0.25, 0.3) is 0 Å². The fourth-order valence-electron chi connectivity index (χ4n) is 5.02. The molecule has 178 valence electrons. The van der Waals surface area contributed by atoms with Crippen molar-refractivity contribution in [1.29, 1.82) is 10.5 Å². The second-order valence-corrected chi connectivity index (χ2v) is 9.52. The molecule has 5 rings (SSSR count). The van der Waals surface area contributed by atoms with Crippen LogP contribution < -0.4 is 4.90 Å². The molecule has 0 spiro atoms. The van der Waals surface area contributed by atoms with E-state index in [2.05, 4.69) is 28.6 Å². The molecule has 2 aromatic heterocycles. The maximum atomic E-state index is 12.6. The first kappa shape index (κ1) is 23.0. The number of aromatic nitrogens is 2. The number of ether oxygens (including phenoxy) is 1. The van der Waals surface area contributed by atoms with Crippen LogP contribution in [-0.4, -0.2) is 60.2 Å². The summed E-state index contributed by atoms with van der Waals surface area (Å²) >= 11 is 0. The molecule has 1 saturated heterocycles. The van der Waals surface area contributed by atoms with Gasteiger partial charge in [0, 0.05) is 50.0 Å². The van der Waals surface area contributed by atoms with E-state index in [1.807, 2.05) is 17.0 Å². The monoisotopic (exact) mass is 468 g/mol. The van der Waals surface area contributed by atoms with Crippen LogP contribution in [0.2, 0.25) is 0 Å². The quantitative estimate of drug-likeness (QED) is 0.612. The third-order valence-corrected chi connectivity index (χ3v) is 7.13. The van der Waals surface area contributed by atoms with E-state index in [1.54, 1.807) is 19.4 Å². The van der Waals surface area contributed by atoms with Gasteiger partial charge in [-0.2, -0.15) is 10.5 Å². The molecule has 8 nitrogen and oxygen atoms in total. The maximum absolute atomic E-state index is 12.6. The first-order valence-corrected chi connectivity index (χ1v) is 12.1. The Labute approximate surface area is 205 Å². The molecule has 3 heterocycles. The number of amides is 1. The number of anilines is 1. The average molecular weight is 469 g/mol. The summed E-state index contributed by atoms with van der Waals surface area (Å²) < 4.78 is 5.10. The molecule has 2 aliphatic carbocycles. The van der Waals surface area contributed by atoms with E-state index < -0.39 is 0 Å². The predicted octanol–water partition coefficient (Wildman–Crippen LogP) is 3.48. The van der Waals surface area contributed by atoms with Gasteiger partial charge in [0.15, 0.2) is 0 Å². The fourth-order valence-corrected chi connectivity index (χ4v) is 5.02. The van der Waals surface area contributed by atoms with Crippen molar-refractivity contribution in [3.8, 4) is 23.3 Å². The zero-order valence-corrected chi connectivity index (χ0v) is 19.9. The van der Waals surface area contributed by atoms with Crippen molar-refractivity contribution in [2.45, 2.75) is 37.6 Å². The summed E-state index contributed by atoms with van der Waals surface area (Å²) in [6.07, 6.45) is 7.51. The zero-order valence-electron chi connectivity index (χ0n) is 19.9. The Hall–Kier alpha value is -3.75. The molecular weight excluding hydrogens is 440 g/mol. The number of hydrogen-bond donors (Lipinski definition) is 0. The van der Waals surface area contributed by atoms with E-state index in [4.69, 9.17) is 9.72 Å². The van der Waals surface area contributed by atoms with Crippen LogP contribution >= 0.6 is 0 Å². The highest BCUT2D eigenvalue weighted by atomic mass is 16.5. The molecule has 2 saturated carbocycles. The third kappa shape index (κ3) is 4.50. The lowest BCUT2D eigenvalue weighted by atomic mass is 9.95. The Morgan fingerprint density at radius 3 is 2.57 bits per heavy atom. The normalized spacial score (nSPS) is 19.7. The molecule has 0 aromatic carbocycles. The van der Waals surface area contributed by atoms with Crippen molar-refractivity contribution in [2.75, 3.05) is 38.3 Å². The van der Waals surface area contributed by atoms with Gasteiger partial charge >= 0.3 is 0 Å². The minimum absolute atomic E-state index is 0.0197. The van der Waals surface area contributed by atoms with Crippen molar-refractivity contribution < 1.29 is 9.53 Å². The number of nitrogens with zero attached hydrogens (tertiary/aromatic N) is 6. The Bertz CT molecular complexity index is 1250. The van der Waals surface area contributed by atoms with Crippen LogP contribution in [0.1, 0.15) is 54.1 Å². The highest BCUT2D eigenvalue weighted by Crippen LogP contribution is 2.46. The number of methoxy groups -OCH3 is 1. The van der Waals surface area contributed by atoms with Crippen molar-refractivity contribution >= 4 is 17.8 Å². The van der Waals surface area contributed by atoms with Crippen LogP contribution in [0.25, 0.3) is 17.2 Å². The molecule has 0 N–H and O–H groups in total. The van der Waals surface area contributed by atoms with Crippen LogP contribution in [-0.2, 0) is 9.53 Å². The van der Waals surface area contributed by atoms with Gasteiger partial charge in [0.1, 0.15) is 24.6 Å². The van der Waals surface area contributed by atoms with Gasteiger partial charge in [-0.05, 0) is 49.8 Å². The summed E-state index contributed by atoms with van der Waals surface area (Å²) in [5, 5.41) is 19.8. The number of pyridine rings is 2. The standard InChI is InChI=1S/C27H28N6O2/c1-3-21-11-22(20(13-29)14-30-21)23-10-19(12-28)27(31-26(23)18-6-7-18)32-8-9-33(25(34)16-35-2)24(15-32)17-4-5-17/h3,10-11,14,17-18,24H,1,4-9,15-16H2,2H3. The fraction of sp³-hybridized carbons (Fsp3) is 0.444. The molecule has 3 fully saturated rings. The molecule has 35 heavy (non-hydrogen) atoms. The van der Waals surface area contributed by atoms with Crippen LogP contribution in [0.15, 0.2) is 24.9 Å². The number of carbonyl (C=O) groups excluding carboxylic acids is 1. The molecular formula is C27H28N6O2. The van der Waals surface area contributed by atoms with Gasteiger partial charge in [-0.3, -0.25) is 9.78 Å². The van der Waals surface area contributed by atoms with E-state index in [0.29, 0.717) is 54.1 Å². The van der Waals surface area contributed by atoms with Crippen LogP contribution in [0.5, 0.6) is 0 Å². The van der Waals surface area contributed by atoms with E-state index in [9.17, 15) is 15.3 Å². The van der Waals surface area contributed by atoms with Gasteiger partial charge in [-0.15, -0.1) is 0 Å². The van der Waals surface area contributed by atoms with Gasteiger partial charge in [-0.25, -0.2) is 4.98 Å². The van der Waals surface area contributed by atoms with Gasteiger partial charge in [0.05, 0.1) is 28.6 Å². The number of rotatable bonds is 7. The summed E-state index contributed by atoms with van der Waals surface area (Å²) in [6, 6.07) is 8.41. The third-order valence-electron chi connectivity index (χ3n) is 7.13. The van der Waals surface area contributed by atoms with Gasteiger partial charge < -0.3 is 14.5 Å². The molecule has 2 aromatic rings. The summed E-state index contributed by atoms with van der Waals surface area (Å²) in [5.41, 5.74) is 4.10. The van der Waals surface area contributed by atoms with Gasteiger partial charge in [-0.1, -0.05) is 6.58 Å². The van der Waals surface area contributed by atoms with Crippen LogP contribution in [0.4, 0.5) is 5.82 Å². The van der Waals surface area contributed by atoms with Crippen molar-refractivity contribution in [2.24, 2.45) is 5.92 Å². The Kier molecular flexibility index (Phi) is 6.23. The second-order valence-electron chi connectivity index (χ2n) is 9.52. The maximum Gasteiger partial charge on any atom is 0.248 e. The lowest BCUT2D eigenvalue weighted by Crippen LogP contribution is -2.57. The smallest absolute Gasteiger partial charge is 0.248 e. The summed E-state index contributed by atoms with van der Waals surface area (Å²) in [6.45, 7) is 5.75. The van der Waals surface area contributed by atoms with E-state index in [-0.39, 0.29) is 18.6 Å². The minimum Gasteiger partial charge on any atom is -0.375 e. The first-order valence-electron chi connectivity index (χ1n) is 12.1. The summed E-state index contributed by atoms with van der Waals surface area (Å²) in [7, 11) is 1.54. The summed E-state index contributed by atoms with van der Waals surface area (Å²) in [5.74, 6) is 1.50. The van der Waals surface area contributed by atoms with Crippen molar-refractivity contribution in [3.05, 3.63) is 47.4 Å². The Balaban J connectivity index is 1.54. The molecule has 1 unspecified atom stereocenters. The van der Waals surface area contributed by atoms with Crippen LogP contribution in [0.3, 0.4) is 0 Å². The molecule has 3 aliphatic rings. The number of hydrogen-bond acceptors (Lipinski definition) is 7. The lowest BCUT2D eigenvalue weighted by molar-refractivity contribution is -0.138. The van der Waals surface area contributed by atoms with E-state index in [1.165, 1.54) is 0 Å². The molecule has 1 atom stereocenters. The topological polar surface area (TPSA) is 106 Å². The Morgan fingerprint density at radius 1 is 1.17 bits per heavy atom. The predicted molar refractivity (Wildman–Crippen MR) is 131 cm³/mol.